The topological polar surface area (TPSA) is 35.2 Å². The first-order valence-electron chi connectivity index (χ1n) is 9.81. The zero-order valence-corrected chi connectivity index (χ0v) is 17.7. The van der Waals surface area contributed by atoms with Crippen LogP contribution in [0.15, 0.2) is 60.7 Å². The molecule has 0 amide bonds. The van der Waals surface area contributed by atoms with Gasteiger partial charge in [0, 0.05) is 12.1 Å². The zero-order chi connectivity index (χ0) is 18.8. The molecule has 26 heavy (non-hydrogen) atoms. The lowest BCUT2D eigenvalue weighted by atomic mass is 9.68. The van der Waals surface area contributed by atoms with Gasteiger partial charge < -0.3 is 10.2 Å². The Morgan fingerprint density at radius 2 is 1.42 bits per heavy atom. The van der Waals surface area contributed by atoms with Crippen LogP contribution in [-0.4, -0.2) is 20.5 Å². The average Bonchev–Trinajstić information content (AvgIpc) is 2.58. The Bertz CT molecular complexity index is 662. The minimum absolute atomic E-state index is 0.0230. The van der Waals surface area contributed by atoms with Crippen LogP contribution in [0.1, 0.15) is 47.0 Å². The SMILES string of the molecule is CC(C)(C)[Si](OCC[C@]1(N)C[C@H](C)C1)(c1ccccc1)c1ccccc1. The van der Waals surface area contributed by atoms with Crippen molar-refractivity contribution in [3.05, 3.63) is 60.7 Å². The highest BCUT2D eigenvalue weighted by atomic mass is 28.4. The average molecular weight is 368 g/mol. The summed E-state index contributed by atoms with van der Waals surface area (Å²) in [5.74, 6) is 0.757. The quantitative estimate of drug-likeness (QED) is 0.781. The normalized spacial score (nSPS) is 23.5. The van der Waals surface area contributed by atoms with Gasteiger partial charge in [-0.2, -0.15) is 0 Å². The van der Waals surface area contributed by atoms with Crippen LogP contribution in [0, 0.1) is 5.92 Å². The van der Waals surface area contributed by atoms with Crippen LogP contribution in [0.25, 0.3) is 0 Å². The maximum atomic E-state index is 6.93. The third kappa shape index (κ3) is 3.66. The van der Waals surface area contributed by atoms with Crippen molar-refractivity contribution in [2.45, 2.75) is 57.5 Å². The van der Waals surface area contributed by atoms with E-state index < -0.39 is 8.32 Å². The molecule has 1 aliphatic rings. The Morgan fingerprint density at radius 3 is 1.81 bits per heavy atom. The largest absolute Gasteiger partial charge is 0.407 e. The van der Waals surface area contributed by atoms with Crippen LogP contribution in [0.2, 0.25) is 5.04 Å². The first-order valence-corrected chi connectivity index (χ1v) is 11.7. The Hall–Kier alpha value is -1.42. The third-order valence-corrected chi connectivity index (χ3v) is 10.9. The molecule has 1 aliphatic carbocycles. The van der Waals surface area contributed by atoms with E-state index in [1.54, 1.807) is 0 Å². The van der Waals surface area contributed by atoms with Crippen molar-refractivity contribution in [2.75, 3.05) is 6.61 Å². The van der Waals surface area contributed by atoms with E-state index in [1.165, 1.54) is 10.4 Å². The van der Waals surface area contributed by atoms with Crippen LogP contribution < -0.4 is 16.1 Å². The monoisotopic (exact) mass is 367 g/mol. The third-order valence-electron chi connectivity index (χ3n) is 5.85. The molecule has 0 atom stereocenters. The predicted octanol–water partition coefficient (Wildman–Crippen LogP) is 4.08. The Kier molecular flexibility index (Phi) is 5.43. The van der Waals surface area contributed by atoms with E-state index in [4.69, 9.17) is 10.2 Å². The summed E-state index contributed by atoms with van der Waals surface area (Å²) in [6, 6.07) is 21.7. The molecule has 3 rings (SSSR count). The maximum Gasteiger partial charge on any atom is 0.261 e. The fourth-order valence-electron chi connectivity index (χ4n) is 4.70. The van der Waals surface area contributed by atoms with Gasteiger partial charge in [-0.15, -0.1) is 0 Å². The van der Waals surface area contributed by atoms with E-state index in [-0.39, 0.29) is 10.6 Å². The van der Waals surface area contributed by atoms with Gasteiger partial charge in [0.15, 0.2) is 0 Å². The van der Waals surface area contributed by atoms with Crippen molar-refractivity contribution in [1.29, 1.82) is 0 Å². The van der Waals surface area contributed by atoms with Gasteiger partial charge in [-0.25, -0.2) is 0 Å². The molecule has 0 radical (unpaired) electrons. The number of benzene rings is 2. The van der Waals surface area contributed by atoms with Gasteiger partial charge in [0.1, 0.15) is 0 Å². The Labute approximate surface area is 159 Å². The highest BCUT2D eigenvalue weighted by Gasteiger charge is 2.50. The molecule has 2 nitrogen and oxygen atoms in total. The van der Waals surface area contributed by atoms with E-state index in [9.17, 15) is 0 Å². The summed E-state index contributed by atoms with van der Waals surface area (Å²) < 4.78 is 6.93. The summed E-state index contributed by atoms with van der Waals surface area (Å²) >= 11 is 0. The molecule has 0 spiro atoms. The number of hydrogen-bond acceptors (Lipinski definition) is 2. The summed E-state index contributed by atoms with van der Waals surface area (Å²) in [6.45, 7) is 9.99. The lowest BCUT2D eigenvalue weighted by molar-refractivity contribution is 0.124. The van der Waals surface area contributed by atoms with Crippen molar-refractivity contribution < 1.29 is 4.43 Å². The molecule has 0 unspecified atom stereocenters. The summed E-state index contributed by atoms with van der Waals surface area (Å²) in [5, 5.41) is 2.71. The molecule has 2 aromatic carbocycles. The number of hydrogen-bond donors (Lipinski definition) is 1. The molecule has 0 aliphatic heterocycles. The molecule has 2 N–H and O–H groups in total. The van der Waals surface area contributed by atoms with Gasteiger partial charge in [-0.3, -0.25) is 0 Å². The van der Waals surface area contributed by atoms with E-state index >= 15 is 0 Å². The van der Waals surface area contributed by atoms with Crippen molar-refractivity contribution in [3.63, 3.8) is 0 Å². The van der Waals surface area contributed by atoms with Gasteiger partial charge in [-0.05, 0) is 40.6 Å². The summed E-state index contributed by atoms with van der Waals surface area (Å²) in [4.78, 5) is 0. The second kappa shape index (κ2) is 7.30. The predicted molar refractivity (Wildman–Crippen MR) is 114 cm³/mol. The smallest absolute Gasteiger partial charge is 0.261 e. The van der Waals surface area contributed by atoms with Crippen LogP contribution in [0.4, 0.5) is 0 Å². The van der Waals surface area contributed by atoms with E-state index in [0.717, 1.165) is 31.8 Å². The molecule has 0 bridgehead atoms. The summed E-state index contributed by atoms with van der Waals surface area (Å²) in [5.41, 5.74) is 6.52. The van der Waals surface area contributed by atoms with Crippen molar-refractivity contribution in [1.82, 2.24) is 0 Å². The van der Waals surface area contributed by atoms with Crippen LogP contribution >= 0.6 is 0 Å². The second-order valence-electron chi connectivity index (χ2n) is 9.14. The van der Waals surface area contributed by atoms with Crippen LogP contribution in [0.5, 0.6) is 0 Å². The highest BCUT2D eigenvalue weighted by Crippen LogP contribution is 2.40. The van der Waals surface area contributed by atoms with E-state index in [0.29, 0.717) is 0 Å². The zero-order valence-electron chi connectivity index (χ0n) is 16.7. The van der Waals surface area contributed by atoms with E-state index in [1.807, 2.05) is 0 Å². The first kappa shape index (κ1) is 19.3. The van der Waals surface area contributed by atoms with Crippen molar-refractivity contribution in [3.8, 4) is 0 Å². The van der Waals surface area contributed by atoms with Gasteiger partial charge in [0.2, 0.25) is 0 Å². The summed E-state index contributed by atoms with van der Waals surface area (Å²) in [6.07, 6.45) is 3.19. The molecular formula is C23H33NOSi. The number of rotatable bonds is 6. The van der Waals surface area contributed by atoms with Gasteiger partial charge >= 0.3 is 0 Å². The fourth-order valence-corrected chi connectivity index (χ4v) is 9.26. The molecule has 0 aromatic heterocycles. The molecule has 1 saturated carbocycles. The van der Waals surface area contributed by atoms with Crippen LogP contribution in [-0.2, 0) is 4.43 Å². The minimum Gasteiger partial charge on any atom is -0.407 e. The Morgan fingerprint density at radius 1 is 0.962 bits per heavy atom. The van der Waals surface area contributed by atoms with Crippen molar-refractivity contribution in [2.24, 2.45) is 11.7 Å². The molecular weight excluding hydrogens is 334 g/mol. The lowest BCUT2D eigenvalue weighted by Gasteiger charge is -2.46. The number of nitrogens with two attached hydrogens (primary N) is 1. The van der Waals surface area contributed by atoms with Crippen LogP contribution in [0.3, 0.4) is 0 Å². The fraction of sp³-hybridized carbons (Fsp3) is 0.478. The lowest BCUT2D eigenvalue weighted by Crippen LogP contribution is -2.67. The maximum absolute atomic E-state index is 6.93. The van der Waals surface area contributed by atoms with Crippen molar-refractivity contribution >= 4 is 18.7 Å². The molecule has 0 heterocycles. The molecule has 0 saturated heterocycles. The standard InChI is InChI=1S/C23H33NOSi/c1-19-17-23(24,18-19)15-16-25-26(22(2,3)4,20-11-7-5-8-12-20)21-13-9-6-10-14-21/h5-14,19H,15-18,24H2,1-4H3/t19-,23-. The molecule has 140 valence electrons. The molecule has 3 heteroatoms. The van der Waals surface area contributed by atoms with Gasteiger partial charge in [0.05, 0.1) is 0 Å². The Balaban J connectivity index is 1.95. The van der Waals surface area contributed by atoms with Gasteiger partial charge in [0.25, 0.3) is 8.32 Å². The molecule has 1 fully saturated rings. The highest BCUT2D eigenvalue weighted by molar-refractivity contribution is 6.99. The molecule has 2 aromatic rings. The summed E-state index contributed by atoms with van der Waals surface area (Å²) in [7, 11) is -2.41. The van der Waals surface area contributed by atoms with Gasteiger partial charge in [-0.1, -0.05) is 88.4 Å². The minimum atomic E-state index is -2.41. The van der Waals surface area contributed by atoms with E-state index in [2.05, 4.69) is 88.4 Å². The second-order valence-corrected chi connectivity index (χ2v) is 13.4. The first-order chi connectivity index (χ1) is 12.3.